The van der Waals surface area contributed by atoms with Crippen LogP contribution in [0.5, 0.6) is 11.5 Å². The molecule has 0 atom stereocenters. The SMILES string of the molecule is CCCCC[C@H]1CC[C@H]([C@H]2CC[C@H](C(=O)Oc3ccc(OC(F)(F)C(F)F)cc3)CC2)CC1. The lowest BCUT2D eigenvalue weighted by Gasteiger charge is -2.37. The summed E-state index contributed by atoms with van der Waals surface area (Å²) in [5.41, 5.74) is 0. The van der Waals surface area contributed by atoms with Crippen LogP contribution >= 0.6 is 0 Å². The molecule has 2 aliphatic carbocycles. The van der Waals surface area contributed by atoms with Crippen molar-refractivity contribution in [3.8, 4) is 11.5 Å². The minimum atomic E-state index is -4.56. The zero-order valence-corrected chi connectivity index (χ0v) is 19.4. The fourth-order valence-electron chi connectivity index (χ4n) is 5.43. The van der Waals surface area contributed by atoms with Gasteiger partial charge in [-0.15, -0.1) is 0 Å². The maximum atomic E-state index is 13.0. The van der Waals surface area contributed by atoms with Gasteiger partial charge in [-0.25, -0.2) is 0 Å². The molecule has 0 bridgehead atoms. The molecular weight excluding hydrogens is 436 g/mol. The predicted molar refractivity (Wildman–Crippen MR) is 119 cm³/mol. The van der Waals surface area contributed by atoms with E-state index in [1.54, 1.807) is 0 Å². The molecule has 7 heteroatoms. The van der Waals surface area contributed by atoms with Crippen molar-refractivity contribution >= 4 is 5.97 Å². The van der Waals surface area contributed by atoms with Crippen molar-refractivity contribution < 1.29 is 31.8 Å². The van der Waals surface area contributed by atoms with Gasteiger partial charge in [-0.3, -0.25) is 4.79 Å². The van der Waals surface area contributed by atoms with E-state index in [-0.39, 0.29) is 17.6 Å². The smallest absolute Gasteiger partial charge is 0.428 e. The summed E-state index contributed by atoms with van der Waals surface area (Å²) >= 11 is 0. The third-order valence-corrected chi connectivity index (χ3v) is 7.43. The lowest BCUT2D eigenvalue weighted by molar-refractivity contribution is -0.253. The Morgan fingerprint density at radius 1 is 0.909 bits per heavy atom. The first-order chi connectivity index (χ1) is 15.8. The molecule has 2 fully saturated rings. The van der Waals surface area contributed by atoms with Gasteiger partial charge in [-0.1, -0.05) is 45.4 Å². The molecule has 0 N–H and O–H groups in total. The van der Waals surface area contributed by atoms with Crippen molar-refractivity contribution in [3.63, 3.8) is 0 Å². The number of alkyl halides is 4. The molecule has 186 valence electrons. The van der Waals surface area contributed by atoms with Gasteiger partial charge in [0.1, 0.15) is 11.5 Å². The van der Waals surface area contributed by atoms with Crippen LogP contribution in [-0.4, -0.2) is 18.5 Å². The third kappa shape index (κ3) is 7.61. The van der Waals surface area contributed by atoms with Crippen LogP contribution in [-0.2, 0) is 4.79 Å². The Morgan fingerprint density at radius 2 is 1.45 bits per heavy atom. The van der Waals surface area contributed by atoms with Gasteiger partial charge in [0.05, 0.1) is 5.92 Å². The summed E-state index contributed by atoms with van der Waals surface area (Å²) in [5, 5.41) is 0. The monoisotopic (exact) mass is 472 g/mol. The normalized spacial score (nSPS) is 26.2. The molecular formula is C26H36F4O3. The second-order valence-electron chi connectivity index (χ2n) is 9.75. The van der Waals surface area contributed by atoms with Crippen LogP contribution < -0.4 is 9.47 Å². The fraction of sp³-hybridized carbons (Fsp3) is 0.731. The Balaban J connectivity index is 1.39. The highest BCUT2D eigenvalue weighted by Gasteiger charge is 2.44. The maximum absolute atomic E-state index is 13.0. The van der Waals surface area contributed by atoms with Gasteiger partial charge >= 0.3 is 18.5 Å². The number of benzene rings is 1. The van der Waals surface area contributed by atoms with Gasteiger partial charge in [-0.05, 0) is 80.5 Å². The average molecular weight is 473 g/mol. The van der Waals surface area contributed by atoms with Crippen LogP contribution in [0.15, 0.2) is 24.3 Å². The summed E-state index contributed by atoms with van der Waals surface area (Å²) in [6.07, 6.45) is 5.89. The second-order valence-corrected chi connectivity index (χ2v) is 9.75. The highest BCUT2D eigenvalue weighted by molar-refractivity contribution is 5.75. The van der Waals surface area contributed by atoms with Gasteiger partial charge in [0.15, 0.2) is 0 Å². The van der Waals surface area contributed by atoms with Gasteiger partial charge in [0.2, 0.25) is 0 Å². The highest BCUT2D eigenvalue weighted by atomic mass is 19.3. The van der Waals surface area contributed by atoms with E-state index in [0.717, 1.165) is 49.7 Å². The number of hydrogen-bond acceptors (Lipinski definition) is 3. The van der Waals surface area contributed by atoms with E-state index >= 15 is 0 Å². The van der Waals surface area contributed by atoms with E-state index in [9.17, 15) is 22.4 Å². The van der Waals surface area contributed by atoms with Gasteiger partial charge in [-0.2, -0.15) is 17.6 Å². The van der Waals surface area contributed by atoms with E-state index in [2.05, 4.69) is 11.7 Å². The topological polar surface area (TPSA) is 35.5 Å². The van der Waals surface area contributed by atoms with Crippen molar-refractivity contribution in [2.75, 3.05) is 0 Å². The van der Waals surface area contributed by atoms with Gasteiger partial charge in [0, 0.05) is 0 Å². The second kappa shape index (κ2) is 12.1. The zero-order chi connectivity index (χ0) is 23.8. The van der Waals surface area contributed by atoms with Gasteiger partial charge in [0.25, 0.3) is 0 Å². The largest absolute Gasteiger partial charge is 0.461 e. The van der Waals surface area contributed by atoms with Crippen LogP contribution in [0.1, 0.15) is 84.0 Å². The number of ether oxygens (including phenoxy) is 2. The molecule has 0 saturated heterocycles. The van der Waals surface area contributed by atoms with Crippen molar-refractivity contribution in [2.24, 2.45) is 23.7 Å². The van der Waals surface area contributed by atoms with E-state index in [0.29, 0.717) is 5.92 Å². The highest BCUT2D eigenvalue weighted by Crippen LogP contribution is 2.42. The Hall–Kier alpha value is -1.79. The van der Waals surface area contributed by atoms with Crippen molar-refractivity contribution in [1.82, 2.24) is 0 Å². The Labute approximate surface area is 194 Å². The molecule has 1 aromatic rings. The number of hydrogen-bond donors (Lipinski definition) is 0. The minimum absolute atomic E-state index is 0.161. The summed E-state index contributed by atoms with van der Waals surface area (Å²) in [6, 6.07) is 4.74. The molecule has 0 aromatic heterocycles. The predicted octanol–water partition coefficient (Wildman–Crippen LogP) is 8.02. The Morgan fingerprint density at radius 3 is 2.00 bits per heavy atom. The summed E-state index contributed by atoms with van der Waals surface area (Å²) in [4.78, 5) is 12.5. The standard InChI is InChI=1S/C26H36F4O3/c1-2-3-4-5-18-6-8-19(9-7-18)20-10-12-21(13-11-20)24(31)32-22-14-16-23(17-15-22)33-26(29,30)25(27)28/h14-21,25H,2-13H2,1H3/t18-,19-,20-,21-. The lowest BCUT2D eigenvalue weighted by Crippen LogP contribution is -2.33. The van der Waals surface area contributed by atoms with Crippen LogP contribution in [0.4, 0.5) is 17.6 Å². The summed E-state index contributed by atoms with van der Waals surface area (Å²) in [5.74, 6) is 1.67. The molecule has 0 spiro atoms. The molecule has 1 aromatic carbocycles. The third-order valence-electron chi connectivity index (χ3n) is 7.43. The summed E-state index contributed by atoms with van der Waals surface area (Å²) in [6.45, 7) is 2.25. The Bertz CT molecular complexity index is 722. The summed E-state index contributed by atoms with van der Waals surface area (Å²) < 4.78 is 59.8. The molecule has 3 nitrogen and oxygen atoms in total. The number of carbonyl (C=O) groups excluding carboxylic acids is 1. The molecule has 0 radical (unpaired) electrons. The zero-order valence-electron chi connectivity index (χ0n) is 19.4. The van der Waals surface area contributed by atoms with Crippen LogP contribution in [0.3, 0.4) is 0 Å². The molecule has 2 saturated carbocycles. The van der Waals surface area contributed by atoms with Crippen LogP contribution in [0, 0.1) is 23.7 Å². The van der Waals surface area contributed by atoms with E-state index in [1.807, 2.05) is 0 Å². The number of halogens is 4. The van der Waals surface area contributed by atoms with Gasteiger partial charge < -0.3 is 9.47 Å². The number of rotatable bonds is 10. The van der Waals surface area contributed by atoms with Crippen molar-refractivity contribution in [1.29, 1.82) is 0 Å². The average Bonchev–Trinajstić information content (AvgIpc) is 2.81. The summed E-state index contributed by atoms with van der Waals surface area (Å²) in [7, 11) is 0. The molecule has 3 rings (SSSR count). The molecule has 0 unspecified atom stereocenters. The fourth-order valence-corrected chi connectivity index (χ4v) is 5.43. The van der Waals surface area contributed by atoms with E-state index in [1.165, 1.54) is 63.5 Å². The number of unbranched alkanes of at least 4 members (excludes halogenated alkanes) is 2. The van der Waals surface area contributed by atoms with E-state index < -0.39 is 18.3 Å². The molecule has 0 aliphatic heterocycles. The first-order valence-corrected chi connectivity index (χ1v) is 12.4. The maximum Gasteiger partial charge on any atom is 0.461 e. The Kier molecular flexibility index (Phi) is 9.45. The molecule has 2 aliphatic rings. The lowest BCUT2D eigenvalue weighted by atomic mass is 9.68. The molecule has 0 amide bonds. The van der Waals surface area contributed by atoms with E-state index in [4.69, 9.17) is 4.74 Å². The first-order valence-electron chi connectivity index (χ1n) is 12.4. The molecule has 33 heavy (non-hydrogen) atoms. The molecule has 0 heterocycles. The van der Waals surface area contributed by atoms with Crippen LogP contribution in [0.2, 0.25) is 0 Å². The van der Waals surface area contributed by atoms with Crippen LogP contribution in [0.25, 0.3) is 0 Å². The van der Waals surface area contributed by atoms with Crippen molar-refractivity contribution in [2.45, 2.75) is 96.5 Å². The number of esters is 1. The minimum Gasteiger partial charge on any atom is -0.428 e. The number of carbonyl (C=O) groups is 1. The quantitative estimate of drug-likeness (QED) is 0.150. The van der Waals surface area contributed by atoms with Crippen molar-refractivity contribution in [3.05, 3.63) is 24.3 Å². The first kappa shape index (κ1) is 25.8.